The van der Waals surface area contributed by atoms with Gasteiger partial charge in [0.05, 0.1) is 5.60 Å². The first-order chi connectivity index (χ1) is 6.66. The number of hydrogen-bond donors (Lipinski definition) is 1. The molecule has 1 fully saturated rings. The number of hydrogen-bond acceptors (Lipinski definition) is 2. The van der Waals surface area contributed by atoms with Gasteiger partial charge in [-0.1, -0.05) is 26.2 Å². The highest BCUT2D eigenvalue weighted by atomic mass is 16.5. The van der Waals surface area contributed by atoms with Gasteiger partial charge in [-0.3, -0.25) is 0 Å². The summed E-state index contributed by atoms with van der Waals surface area (Å²) >= 11 is 0. The second-order valence-corrected chi connectivity index (χ2v) is 4.74. The van der Waals surface area contributed by atoms with Gasteiger partial charge in [0.25, 0.3) is 0 Å². The smallest absolute Gasteiger partial charge is 0.0800 e. The van der Waals surface area contributed by atoms with Gasteiger partial charge in [-0.2, -0.15) is 0 Å². The van der Waals surface area contributed by atoms with Gasteiger partial charge in [-0.15, -0.1) is 0 Å². The van der Waals surface area contributed by atoms with Crippen molar-refractivity contribution in [2.75, 3.05) is 14.2 Å². The standard InChI is InChI=1S/C12H25NO/c1-5-12(2,14-4)11(13-3)9-10-7-6-8-10/h10-11,13H,5-9H2,1-4H3. The Balaban J connectivity index is 2.49. The van der Waals surface area contributed by atoms with Crippen LogP contribution in [0, 0.1) is 5.92 Å². The van der Waals surface area contributed by atoms with Crippen molar-refractivity contribution in [1.29, 1.82) is 0 Å². The first kappa shape index (κ1) is 12.0. The first-order valence-electron chi connectivity index (χ1n) is 5.88. The normalized spacial score (nSPS) is 24.0. The molecule has 1 rings (SSSR count). The average molecular weight is 199 g/mol. The van der Waals surface area contributed by atoms with Gasteiger partial charge in [0, 0.05) is 13.2 Å². The van der Waals surface area contributed by atoms with Crippen molar-refractivity contribution in [1.82, 2.24) is 5.32 Å². The van der Waals surface area contributed by atoms with Gasteiger partial charge >= 0.3 is 0 Å². The van der Waals surface area contributed by atoms with E-state index in [-0.39, 0.29) is 5.60 Å². The van der Waals surface area contributed by atoms with Crippen LogP contribution in [0.2, 0.25) is 0 Å². The van der Waals surface area contributed by atoms with Crippen LogP contribution in [0.25, 0.3) is 0 Å². The highest BCUT2D eigenvalue weighted by Gasteiger charge is 2.34. The van der Waals surface area contributed by atoms with Gasteiger partial charge in [0.15, 0.2) is 0 Å². The summed E-state index contributed by atoms with van der Waals surface area (Å²) in [6.45, 7) is 4.42. The molecule has 0 aliphatic heterocycles. The van der Waals surface area contributed by atoms with Crippen LogP contribution in [0.4, 0.5) is 0 Å². The monoisotopic (exact) mass is 199 g/mol. The minimum Gasteiger partial charge on any atom is -0.377 e. The van der Waals surface area contributed by atoms with Gasteiger partial charge < -0.3 is 10.1 Å². The van der Waals surface area contributed by atoms with Crippen molar-refractivity contribution in [3.05, 3.63) is 0 Å². The molecule has 0 amide bonds. The third kappa shape index (κ3) is 2.48. The van der Waals surface area contributed by atoms with E-state index in [1.807, 2.05) is 7.11 Å². The average Bonchev–Trinajstić information content (AvgIpc) is 2.15. The molecule has 0 radical (unpaired) electrons. The maximum absolute atomic E-state index is 5.65. The molecule has 84 valence electrons. The topological polar surface area (TPSA) is 21.3 Å². The Bertz CT molecular complexity index is 162. The lowest BCUT2D eigenvalue weighted by Crippen LogP contribution is -2.49. The van der Waals surface area contributed by atoms with E-state index in [1.54, 1.807) is 0 Å². The second-order valence-electron chi connectivity index (χ2n) is 4.74. The molecule has 0 spiro atoms. The van der Waals surface area contributed by atoms with Crippen LogP contribution >= 0.6 is 0 Å². The number of likely N-dealkylation sites (N-methyl/N-ethyl adjacent to an activating group) is 1. The fourth-order valence-corrected chi connectivity index (χ4v) is 2.27. The molecule has 0 aromatic carbocycles. The van der Waals surface area contributed by atoms with Crippen LogP contribution in [0.1, 0.15) is 46.0 Å². The molecule has 1 saturated carbocycles. The van der Waals surface area contributed by atoms with Crippen molar-refractivity contribution in [3.63, 3.8) is 0 Å². The molecule has 1 aliphatic rings. The number of ether oxygens (including phenoxy) is 1. The zero-order chi connectivity index (χ0) is 10.6. The Morgan fingerprint density at radius 1 is 1.50 bits per heavy atom. The van der Waals surface area contributed by atoms with E-state index in [1.165, 1.54) is 25.7 Å². The lowest BCUT2D eigenvalue weighted by molar-refractivity contribution is -0.0360. The molecule has 0 aromatic rings. The van der Waals surface area contributed by atoms with Crippen molar-refractivity contribution in [3.8, 4) is 0 Å². The molecule has 0 aromatic heterocycles. The molecule has 1 N–H and O–H groups in total. The van der Waals surface area contributed by atoms with Crippen LogP contribution < -0.4 is 5.32 Å². The van der Waals surface area contributed by atoms with Crippen molar-refractivity contribution in [2.24, 2.45) is 5.92 Å². The maximum atomic E-state index is 5.65. The van der Waals surface area contributed by atoms with Gasteiger partial charge in [0.2, 0.25) is 0 Å². The molecule has 14 heavy (non-hydrogen) atoms. The van der Waals surface area contributed by atoms with E-state index in [0.717, 1.165) is 12.3 Å². The van der Waals surface area contributed by atoms with Crippen LogP contribution in [0.3, 0.4) is 0 Å². The van der Waals surface area contributed by atoms with Crippen LogP contribution in [-0.4, -0.2) is 25.8 Å². The molecule has 0 saturated heterocycles. The molecule has 0 heterocycles. The predicted molar refractivity (Wildman–Crippen MR) is 60.5 cm³/mol. The predicted octanol–water partition coefficient (Wildman–Crippen LogP) is 2.58. The number of rotatable bonds is 6. The lowest BCUT2D eigenvalue weighted by atomic mass is 9.77. The van der Waals surface area contributed by atoms with Crippen molar-refractivity contribution < 1.29 is 4.74 Å². The molecule has 2 unspecified atom stereocenters. The minimum absolute atomic E-state index is 0.00431. The molecule has 2 nitrogen and oxygen atoms in total. The summed E-state index contributed by atoms with van der Waals surface area (Å²) in [5.74, 6) is 0.938. The number of methoxy groups -OCH3 is 1. The van der Waals surface area contributed by atoms with E-state index in [4.69, 9.17) is 4.74 Å². The fourth-order valence-electron chi connectivity index (χ4n) is 2.27. The van der Waals surface area contributed by atoms with Crippen LogP contribution in [0.15, 0.2) is 0 Å². The summed E-state index contributed by atoms with van der Waals surface area (Å²) in [4.78, 5) is 0. The van der Waals surface area contributed by atoms with E-state index >= 15 is 0 Å². The van der Waals surface area contributed by atoms with E-state index in [9.17, 15) is 0 Å². The summed E-state index contributed by atoms with van der Waals surface area (Å²) in [6.07, 6.45) is 6.61. The van der Waals surface area contributed by atoms with Crippen LogP contribution in [0.5, 0.6) is 0 Å². The molecule has 2 heteroatoms. The Labute approximate surface area is 88.4 Å². The summed E-state index contributed by atoms with van der Waals surface area (Å²) < 4.78 is 5.65. The largest absolute Gasteiger partial charge is 0.377 e. The van der Waals surface area contributed by atoms with Gasteiger partial charge in [-0.25, -0.2) is 0 Å². The highest BCUT2D eigenvalue weighted by Crippen LogP contribution is 2.34. The Kier molecular flexibility index (Phi) is 4.39. The zero-order valence-electron chi connectivity index (χ0n) is 10.1. The Morgan fingerprint density at radius 2 is 2.14 bits per heavy atom. The summed E-state index contributed by atoms with van der Waals surface area (Å²) in [5.41, 5.74) is 0.00431. The summed E-state index contributed by atoms with van der Waals surface area (Å²) in [7, 11) is 3.88. The Hall–Kier alpha value is -0.0800. The maximum Gasteiger partial charge on any atom is 0.0800 e. The van der Waals surface area contributed by atoms with Crippen molar-refractivity contribution >= 4 is 0 Å². The summed E-state index contributed by atoms with van der Waals surface area (Å²) in [6, 6.07) is 0.503. The fraction of sp³-hybridized carbons (Fsp3) is 1.00. The number of nitrogens with one attached hydrogen (secondary N) is 1. The van der Waals surface area contributed by atoms with Gasteiger partial charge in [0.1, 0.15) is 0 Å². The zero-order valence-corrected chi connectivity index (χ0v) is 10.1. The quantitative estimate of drug-likeness (QED) is 0.710. The second kappa shape index (κ2) is 5.13. The Morgan fingerprint density at radius 3 is 2.43 bits per heavy atom. The summed E-state index contributed by atoms with van der Waals surface area (Å²) in [5, 5.41) is 3.42. The van der Waals surface area contributed by atoms with E-state index in [2.05, 4.69) is 26.2 Å². The lowest BCUT2D eigenvalue weighted by Gasteiger charge is -2.39. The van der Waals surface area contributed by atoms with Crippen molar-refractivity contribution in [2.45, 2.75) is 57.6 Å². The highest BCUT2D eigenvalue weighted by molar-refractivity contribution is 4.90. The third-order valence-corrected chi connectivity index (χ3v) is 4.05. The molecule has 2 atom stereocenters. The minimum atomic E-state index is 0.00431. The van der Waals surface area contributed by atoms with E-state index in [0.29, 0.717) is 6.04 Å². The van der Waals surface area contributed by atoms with E-state index < -0.39 is 0 Å². The SMILES string of the molecule is CCC(C)(OC)C(CC1CCC1)NC. The first-order valence-corrected chi connectivity index (χ1v) is 5.88. The molecule has 0 bridgehead atoms. The van der Waals surface area contributed by atoms with Gasteiger partial charge in [-0.05, 0) is 32.7 Å². The molecular weight excluding hydrogens is 174 g/mol. The van der Waals surface area contributed by atoms with Crippen LogP contribution in [-0.2, 0) is 4.74 Å². The third-order valence-electron chi connectivity index (χ3n) is 4.05. The molecular formula is C12H25NO. The molecule has 1 aliphatic carbocycles.